The molecule has 3 nitrogen and oxygen atoms in total. The number of carbonyl (C=O) groups is 1. The molecule has 0 atom stereocenters. The van der Waals surface area contributed by atoms with Gasteiger partial charge in [-0.15, -0.1) is 0 Å². The third-order valence-corrected chi connectivity index (χ3v) is 3.22. The van der Waals surface area contributed by atoms with Gasteiger partial charge in [-0.05, 0) is 27.1 Å². The zero-order valence-corrected chi connectivity index (χ0v) is 11.3. The molecule has 0 aliphatic heterocycles. The molecule has 0 bridgehead atoms. The average molecular weight is 244 g/mol. The summed E-state index contributed by atoms with van der Waals surface area (Å²) in [6.45, 7) is 3.78. The summed E-state index contributed by atoms with van der Waals surface area (Å²) in [5.74, 6) is 0.229. The van der Waals surface area contributed by atoms with Crippen molar-refractivity contribution in [3.63, 3.8) is 0 Å². The Balaban J connectivity index is 2.35. The molecule has 18 heavy (non-hydrogen) atoms. The smallest absolute Gasteiger partial charge is 0.166 e. The van der Waals surface area contributed by atoms with Gasteiger partial charge in [-0.2, -0.15) is 0 Å². The van der Waals surface area contributed by atoms with Crippen LogP contribution in [-0.4, -0.2) is 35.9 Å². The van der Waals surface area contributed by atoms with Gasteiger partial charge in [0.25, 0.3) is 0 Å². The SMILES string of the molecule is CCn1cc(C(=O)CCN(C)C)c2ccccc21. The van der Waals surface area contributed by atoms with E-state index in [9.17, 15) is 4.79 Å². The van der Waals surface area contributed by atoms with Gasteiger partial charge in [0.1, 0.15) is 0 Å². The number of rotatable bonds is 5. The monoisotopic (exact) mass is 244 g/mol. The second-order valence-corrected chi connectivity index (χ2v) is 4.82. The van der Waals surface area contributed by atoms with Gasteiger partial charge in [0.2, 0.25) is 0 Å². The standard InChI is InChI=1S/C15H20N2O/c1-4-17-11-13(15(18)9-10-16(2)3)12-7-5-6-8-14(12)17/h5-8,11H,4,9-10H2,1-3H3. The summed E-state index contributed by atoms with van der Waals surface area (Å²) in [5, 5.41) is 1.07. The highest BCUT2D eigenvalue weighted by Crippen LogP contribution is 2.22. The van der Waals surface area contributed by atoms with Crippen LogP contribution in [0.1, 0.15) is 23.7 Å². The van der Waals surface area contributed by atoms with Crippen LogP contribution in [0.4, 0.5) is 0 Å². The molecule has 0 radical (unpaired) electrons. The van der Waals surface area contributed by atoms with Gasteiger partial charge < -0.3 is 9.47 Å². The van der Waals surface area contributed by atoms with E-state index in [2.05, 4.69) is 17.6 Å². The number of ketones is 1. The summed E-state index contributed by atoms with van der Waals surface area (Å²) >= 11 is 0. The molecule has 0 spiro atoms. The average Bonchev–Trinajstić information content (AvgIpc) is 2.75. The van der Waals surface area contributed by atoms with E-state index in [0.29, 0.717) is 6.42 Å². The summed E-state index contributed by atoms with van der Waals surface area (Å²) in [4.78, 5) is 14.3. The first-order valence-corrected chi connectivity index (χ1v) is 6.39. The van der Waals surface area contributed by atoms with E-state index in [1.54, 1.807) is 0 Å². The molecule has 0 saturated carbocycles. The molecule has 2 rings (SSSR count). The van der Waals surface area contributed by atoms with Crippen LogP contribution in [0.25, 0.3) is 10.9 Å². The van der Waals surface area contributed by atoms with E-state index in [-0.39, 0.29) is 5.78 Å². The van der Waals surface area contributed by atoms with E-state index in [1.807, 2.05) is 43.4 Å². The van der Waals surface area contributed by atoms with Crippen molar-refractivity contribution >= 4 is 16.7 Å². The molecule has 0 unspecified atom stereocenters. The third-order valence-electron chi connectivity index (χ3n) is 3.22. The number of benzene rings is 1. The van der Waals surface area contributed by atoms with E-state index in [1.165, 1.54) is 0 Å². The van der Waals surface area contributed by atoms with Crippen LogP contribution in [-0.2, 0) is 6.54 Å². The quantitative estimate of drug-likeness (QED) is 0.756. The van der Waals surface area contributed by atoms with Crippen molar-refractivity contribution in [2.45, 2.75) is 19.9 Å². The van der Waals surface area contributed by atoms with Gasteiger partial charge in [0, 0.05) is 42.2 Å². The fourth-order valence-corrected chi connectivity index (χ4v) is 2.19. The Kier molecular flexibility index (Phi) is 3.82. The lowest BCUT2D eigenvalue weighted by atomic mass is 10.1. The van der Waals surface area contributed by atoms with Gasteiger partial charge in [-0.1, -0.05) is 18.2 Å². The predicted octanol–water partition coefficient (Wildman–Crippen LogP) is 2.80. The Morgan fingerprint density at radius 1 is 1.28 bits per heavy atom. The number of fused-ring (bicyclic) bond motifs is 1. The first-order chi connectivity index (χ1) is 8.63. The number of Topliss-reactive ketones (excluding diaryl/α,β-unsaturated/α-hetero) is 1. The van der Waals surface area contributed by atoms with E-state index >= 15 is 0 Å². The Morgan fingerprint density at radius 3 is 2.67 bits per heavy atom. The van der Waals surface area contributed by atoms with Crippen LogP contribution in [0.3, 0.4) is 0 Å². The maximum Gasteiger partial charge on any atom is 0.166 e. The number of para-hydroxylation sites is 1. The summed E-state index contributed by atoms with van der Waals surface area (Å²) in [6.07, 6.45) is 2.56. The zero-order valence-electron chi connectivity index (χ0n) is 11.3. The topological polar surface area (TPSA) is 25.2 Å². The molecule has 1 heterocycles. The first-order valence-electron chi connectivity index (χ1n) is 6.39. The number of hydrogen-bond donors (Lipinski definition) is 0. The van der Waals surface area contributed by atoms with Gasteiger partial charge in [0.05, 0.1) is 0 Å². The molecular weight excluding hydrogens is 224 g/mol. The van der Waals surface area contributed by atoms with Crippen molar-refractivity contribution in [2.75, 3.05) is 20.6 Å². The largest absolute Gasteiger partial charge is 0.347 e. The minimum absolute atomic E-state index is 0.229. The normalized spacial score (nSPS) is 11.3. The maximum absolute atomic E-state index is 12.3. The minimum atomic E-state index is 0.229. The molecule has 0 fully saturated rings. The van der Waals surface area contributed by atoms with Gasteiger partial charge in [0.15, 0.2) is 5.78 Å². The van der Waals surface area contributed by atoms with Gasteiger partial charge >= 0.3 is 0 Å². The van der Waals surface area contributed by atoms with Crippen molar-refractivity contribution in [2.24, 2.45) is 0 Å². The fourth-order valence-electron chi connectivity index (χ4n) is 2.19. The van der Waals surface area contributed by atoms with Crippen molar-refractivity contribution in [3.8, 4) is 0 Å². The summed E-state index contributed by atoms with van der Waals surface area (Å²) in [5.41, 5.74) is 2.00. The van der Waals surface area contributed by atoms with Crippen LogP contribution in [0.2, 0.25) is 0 Å². The molecule has 0 aliphatic rings. The highest BCUT2D eigenvalue weighted by atomic mass is 16.1. The first kappa shape index (κ1) is 12.8. The minimum Gasteiger partial charge on any atom is -0.347 e. The Labute approximate surface area is 108 Å². The van der Waals surface area contributed by atoms with Crippen LogP contribution in [0.15, 0.2) is 30.5 Å². The fraction of sp³-hybridized carbons (Fsp3) is 0.400. The van der Waals surface area contributed by atoms with Crippen molar-refractivity contribution < 1.29 is 4.79 Å². The second kappa shape index (κ2) is 5.36. The molecule has 0 N–H and O–H groups in total. The summed E-state index contributed by atoms with van der Waals surface area (Å²) in [7, 11) is 3.98. The lowest BCUT2D eigenvalue weighted by Crippen LogP contribution is -2.16. The Bertz CT molecular complexity index is 555. The Hall–Kier alpha value is -1.61. The highest BCUT2D eigenvalue weighted by Gasteiger charge is 2.14. The molecule has 1 aromatic heterocycles. The van der Waals surface area contributed by atoms with Crippen molar-refractivity contribution in [1.29, 1.82) is 0 Å². The number of nitrogens with zero attached hydrogens (tertiary/aromatic N) is 2. The van der Waals surface area contributed by atoms with Crippen molar-refractivity contribution in [3.05, 3.63) is 36.0 Å². The molecule has 0 saturated heterocycles. The third kappa shape index (κ3) is 2.46. The van der Waals surface area contributed by atoms with Crippen LogP contribution >= 0.6 is 0 Å². The number of aromatic nitrogens is 1. The molecule has 1 aromatic carbocycles. The molecular formula is C15H20N2O. The molecule has 0 aliphatic carbocycles. The lowest BCUT2D eigenvalue weighted by Gasteiger charge is -2.07. The van der Waals surface area contributed by atoms with Crippen LogP contribution in [0, 0.1) is 0 Å². The number of aryl methyl sites for hydroxylation is 1. The van der Waals surface area contributed by atoms with E-state index in [4.69, 9.17) is 0 Å². The lowest BCUT2D eigenvalue weighted by molar-refractivity contribution is 0.0974. The highest BCUT2D eigenvalue weighted by molar-refractivity contribution is 6.08. The van der Waals surface area contributed by atoms with Crippen LogP contribution in [0.5, 0.6) is 0 Å². The van der Waals surface area contributed by atoms with Gasteiger partial charge in [-0.25, -0.2) is 0 Å². The number of carbonyl (C=O) groups excluding carboxylic acids is 1. The Morgan fingerprint density at radius 2 is 2.00 bits per heavy atom. The van der Waals surface area contributed by atoms with Crippen LogP contribution < -0.4 is 0 Å². The molecule has 3 heteroatoms. The number of hydrogen-bond acceptors (Lipinski definition) is 2. The van der Waals surface area contributed by atoms with E-state index < -0.39 is 0 Å². The molecule has 96 valence electrons. The zero-order chi connectivity index (χ0) is 13.1. The summed E-state index contributed by atoms with van der Waals surface area (Å²) in [6, 6.07) is 8.11. The molecule has 2 aromatic rings. The van der Waals surface area contributed by atoms with Gasteiger partial charge in [-0.3, -0.25) is 4.79 Å². The molecule has 0 amide bonds. The van der Waals surface area contributed by atoms with E-state index in [0.717, 1.165) is 29.6 Å². The second-order valence-electron chi connectivity index (χ2n) is 4.82. The predicted molar refractivity (Wildman–Crippen MR) is 75.1 cm³/mol. The maximum atomic E-state index is 12.3. The van der Waals surface area contributed by atoms with Crippen molar-refractivity contribution in [1.82, 2.24) is 9.47 Å². The summed E-state index contributed by atoms with van der Waals surface area (Å²) < 4.78 is 2.14.